The molecule has 2 rings (SSSR count). The predicted molar refractivity (Wildman–Crippen MR) is 75.2 cm³/mol. The Morgan fingerprint density at radius 2 is 1.27 bits per heavy atom. The lowest BCUT2D eigenvalue weighted by Crippen LogP contribution is -2.18. The Morgan fingerprint density at radius 1 is 0.727 bits per heavy atom. The number of allylic oxidation sites excluding steroid dienone is 2. The molecule has 0 radical (unpaired) electrons. The van der Waals surface area contributed by atoms with Crippen molar-refractivity contribution in [3.8, 4) is 0 Å². The molecule has 0 saturated carbocycles. The van der Waals surface area contributed by atoms with E-state index in [2.05, 4.69) is 0 Å². The molecule has 1 unspecified atom stereocenters. The molecule has 7 nitrogen and oxygen atoms in total. The molecule has 1 saturated heterocycles. The quantitative estimate of drug-likeness (QED) is 0.601. The van der Waals surface area contributed by atoms with Crippen molar-refractivity contribution in [3.05, 3.63) is 11.8 Å². The summed E-state index contributed by atoms with van der Waals surface area (Å²) < 4.78 is 26.5. The number of ether oxygens (including phenoxy) is 5. The zero-order valence-electron chi connectivity index (χ0n) is 12.6. The second-order valence-corrected chi connectivity index (χ2v) is 5.02. The highest BCUT2D eigenvalue weighted by molar-refractivity contribution is 5.96. The van der Waals surface area contributed by atoms with Crippen LogP contribution >= 0.6 is 0 Å². The van der Waals surface area contributed by atoms with Gasteiger partial charge in [0.2, 0.25) is 0 Å². The molecule has 0 amide bonds. The van der Waals surface area contributed by atoms with Gasteiger partial charge in [0.05, 0.1) is 46.1 Å². The minimum Gasteiger partial charge on any atom is -0.495 e. The fraction of sp³-hybridized carbons (Fsp3) is 0.733. The molecule has 0 spiro atoms. The number of esters is 1. The van der Waals surface area contributed by atoms with Crippen LogP contribution in [0.1, 0.15) is 12.8 Å². The number of hydrogen-bond donors (Lipinski definition) is 0. The summed E-state index contributed by atoms with van der Waals surface area (Å²) in [5, 5.41) is 0. The molecule has 124 valence electrons. The summed E-state index contributed by atoms with van der Waals surface area (Å²) in [5.74, 6) is -0.253. The molecular weight excluding hydrogens is 292 g/mol. The van der Waals surface area contributed by atoms with Crippen LogP contribution in [0.5, 0.6) is 0 Å². The molecule has 0 aromatic heterocycles. The van der Waals surface area contributed by atoms with Crippen LogP contribution in [0.3, 0.4) is 0 Å². The Hall–Kier alpha value is -1.44. The molecule has 1 heterocycles. The molecule has 1 aliphatic heterocycles. The Balaban J connectivity index is 1.79. The molecule has 1 atom stereocenters. The van der Waals surface area contributed by atoms with Crippen LogP contribution in [0, 0.1) is 5.92 Å². The van der Waals surface area contributed by atoms with Gasteiger partial charge in [0.25, 0.3) is 0 Å². The molecule has 2 bridgehead atoms. The van der Waals surface area contributed by atoms with E-state index in [1.165, 1.54) is 6.08 Å². The van der Waals surface area contributed by atoms with Gasteiger partial charge in [0, 0.05) is 18.4 Å². The first-order valence-corrected chi connectivity index (χ1v) is 7.52. The molecule has 2 aliphatic rings. The minimum atomic E-state index is -0.391. The van der Waals surface area contributed by atoms with Gasteiger partial charge >= 0.3 is 5.97 Å². The third kappa shape index (κ3) is 6.13. The van der Waals surface area contributed by atoms with E-state index in [4.69, 9.17) is 23.7 Å². The number of fused-ring (bicyclic) bond motifs is 2. The number of rotatable bonds is 0. The van der Waals surface area contributed by atoms with Crippen LogP contribution in [-0.2, 0) is 33.3 Å². The number of ketones is 1. The molecule has 7 heteroatoms. The average Bonchev–Trinajstić information content (AvgIpc) is 2.83. The first kappa shape index (κ1) is 16.9. The highest BCUT2D eigenvalue weighted by atomic mass is 16.6. The summed E-state index contributed by atoms with van der Waals surface area (Å²) in [6, 6.07) is 0. The van der Waals surface area contributed by atoms with Gasteiger partial charge in [-0.3, -0.25) is 9.59 Å². The number of cyclic esters (lactones) is 1. The van der Waals surface area contributed by atoms with Crippen molar-refractivity contribution in [2.24, 2.45) is 5.92 Å². The Morgan fingerprint density at radius 3 is 1.91 bits per heavy atom. The van der Waals surface area contributed by atoms with Gasteiger partial charge in [-0.25, -0.2) is 0 Å². The maximum atomic E-state index is 11.8. The van der Waals surface area contributed by atoms with Crippen LogP contribution in [0.25, 0.3) is 0 Å². The second kappa shape index (κ2) is 9.55. The van der Waals surface area contributed by atoms with Crippen molar-refractivity contribution < 1.29 is 33.3 Å². The Kier molecular flexibility index (Phi) is 7.35. The standard InChI is InChI=1S/C15H22O7/c16-14-11-13-9-12(14)10-15(17)22-8-6-20-4-2-18-1-3-19-5-7-21-13/h11-12H,1-10H2. The first-order valence-electron chi connectivity index (χ1n) is 7.52. The van der Waals surface area contributed by atoms with Crippen molar-refractivity contribution in [1.29, 1.82) is 0 Å². The summed E-state index contributed by atoms with van der Waals surface area (Å²) in [6.07, 6.45) is 1.97. The van der Waals surface area contributed by atoms with Gasteiger partial charge in [-0.1, -0.05) is 0 Å². The van der Waals surface area contributed by atoms with E-state index >= 15 is 0 Å². The largest absolute Gasteiger partial charge is 0.495 e. The Labute approximate surface area is 129 Å². The van der Waals surface area contributed by atoms with Crippen molar-refractivity contribution in [3.63, 3.8) is 0 Å². The second-order valence-electron chi connectivity index (χ2n) is 5.02. The van der Waals surface area contributed by atoms with E-state index in [1.807, 2.05) is 0 Å². The lowest BCUT2D eigenvalue weighted by Gasteiger charge is -2.12. The van der Waals surface area contributed by atoms with E-state index < -0.39 is 5.97 Å². The fourth-order valence-electron chi connectivity index (χ4n) is 2.20. The molecule has 22 heavy (non-hydrogen) atoms. The van der Waals surface area contributed by atoms with Crippen LogP contribution in [0.2, 0.25) is 0 Å². The zero-order chi connectivity index (χ0) is 15.6. The normalized spacial score (nSPS) is 26.4. The molecule has 1 fully saturated rings. The van der Waals surface area contributed by atoms with Gasteiger partial charge in [0.1, 0.15) is 19.0 Å². The highest BCUT2D eigenvalue weighted by Crippen LogP contribution is 2.25. The van der Waals surface area contributed by atoms with Crippen LogP contribution in [-0.4, -0.2) is 64.6 Å². The van der Waals surface area contributed by atoms with Crippen LogP contribution in [0.15, 0.2) is 11.8 Å². The number of carbonyl (C=O) groups excluding carboxylic acids is 2. The fourth-order valence-corrected chi connectivity index (χ4v) is 2.20. The smallest absolute Gasteiger partial charge is 0.306 e. The van der Waals surface area contributed by atoms with E-state index in [0.717, 1.165) is 0 Å². The number of hydrogen-bond acceptors (Lipinski definition) is 7. The maximum Gasteiger partial charge on any atom is 0.306 e. The molecule has 0 aromatic carbocycles. The van der Waals surface area contributed by atoms with Crippen molar-refractivity contribution in [2.45, 2.75) is 12.8 Å². The van der Waals surface area contributed by atoms with Crippen molar-refractivity contribution >= 4 is 11.8 Å². The molecule has 1 aliphatic carbocycles. The van der Waals surface area contributed by atoms with E-state index in [0.29, 0.717) is 58.4 Å². The lowest BCUT2D eigenvalue weighted by atomic mass is 10.0. The minimum absolute atomic E-state index is 0.0712. The summed E-state index contributed by atoms with van der Waals surface area (Å²) in [5.41, 5.74) is 0. The van der Waals surface area contributed by atoms with E-state index in [-0.39, 0.29) is 24.7 Å². The van der Waals surface area contributed by atoms with Gasteiger partial charge in [-0.2, -0.15) is 0 Å². The van der Waals surface area contributed by atoms with Crippen LogP contribution in [0.4, 0.5) is 0 Å². The van der Waals surface area contributed by atoms with Gasteiger partial charge in [0.15, 0.2) is 5.78 Å². The van der Waals surface area contributed by atoms with E-state index in [1.54, 1.807) is 0 Å². The lowest BCUT2D eigenvalue weighted by molar-refractivity contribution is -0.147. The highest BCUT2D eigenvalue weighted by Gasteiger charge is 2.29. The third-order valence-corrected chi connectivity index (χ3v) is 3.32. The SMILES string of the molecule is O=C1CC2CC(=CC2=O)OCCOCCOCCOCCO1. The Bertz CT molecular complexity index is 405. The monoisotopic (exact) mass is 314 g/mol. The summed E-state index contributed by atoms with van der Waals surface area (Å²) in [4.78, 5) is 23.5. The summed E-state index contributed by atoms with van der Waals surface area (Å²) >= 11 is 0. The van der Waals surface area contributed by atoms with Crippen molar-refractivity contribution in [2.75, 3.05) is 52.9 Å². The van der Waals surface area contributed by atoms with E-state index in [9.17, 15) is 9.59 Å². The third-order valence-electron chi connectivity index (χ3n) is 3.32. The first-order chi connectivity index (χ1) is 10.8. The van der Waals surface area contributed by atoms with Crippen molar-refractivity contribution in [1.82, 2.24) is 0 Å². The zero-order valence-corrected chi connectivity index (χ0v) is 12.6. The van der Waals surface area contributed by atoms with Gasteiger partial charge < -0.3 is 23.7 Å². The number of carbonyl (C=O) groups is 2. The van der Waals surface area contributed by atoms with Gasteiger partial charge in [-0.15, -0.1) is 0 Å². The molecule has 0 aromatic rings. The topological polar surface area (TPSA) is 80.3 Å². The molecular formula is C15H22O7. The predicted octanol–water partition coefficient (Wildman–Crippen LogP) is 0.473. The van der Waals surface area contributed by atoms with Gasteiger partial charge in [-0.05, 0) is 0 Å². The van der Waals surface area contributed by atoms with Crippen LogP contribution < -0.4 is 0 Å². The average molecular weight is 314 g/mol. The maximum absolute atomic E-state index is 11.8. The summed E-state index contributed by atoms with van der Waals surface area (Å²) in [6.45, 7) is 3.18. The molecule has 0 N–H and O–H groups in total. The summed E-state index contributed by atoms with van der Waals surface area (Å²) in [7, 11) is 0.